The summed E-state index contributed by atoms with van der Waals surface area (Å²) in [4.78, 5) is 0. The molecule has 0 aromatic carbocycles. The van der Waals surface area contributed by atoms with Gasteiger partial charge < -0.3 is 8.85 Å². The number of hydrogen-bond donors (Lipinski definition) is 0. The van der Waals surface area contributed by atoms with Gasteiger partial charge in [-0.05, 0) is 66.4 Å². The van der Waals surface area contributed by atoms with E-state index in [9.17, 15) is 0 Å². The Morgan fingerprint density at radius 2 is 1.04 bits per heavy atom. The average Bonchev–Trinajstić information content (AvgIpc) is 3.01. The number of fused-ring (bicyclic) bond motifs is 2. The van der Waals surface area contributed by atoms with Crippen LogP contribution in [0.4, 0.5) is 0 Å². The van der Waals surface area contributed by atoms with Gasteiger partial charge in [-0.2, -0.15) is 0 Å². The molecule has 2 nitrogen and oxygen atoms in total. The fourth-order valence-corrected chi connectivity index (χ4v) is 5.65. The second-order valence-electron chi connectivity index (χ2n) is 11.4. The Labute approximate surface area is 159 Å². The van der Waals surface area contributed by atoms with Crippen LogP contribution in [0.3, 0.4) is 0 Å². The highest BCUT2D eigenvalue weighted by Gasteiger charge is 2.47. The fraction of sp³-hybridized carbons (Fsp3) is 0.905. The molecule has 2 bridgehead atoms. The van der Waals surface area contributed by atoms with E-state index in [1.54, 1.807) is 0 Å². The van der Waals surface area contributed by atoms with Crippen molar-refractivity contribution in [3.05, 3.63) is 12.2 Å². The zero-order valence-electron chi connectivity index (χ0n) is 18.4. The monoisotopic (exact) mass is 382 g/mol. The van der Waals surface area contributed by atoms with Crippen LogP contribution in [0.1, 0.15) is 48.0 Å². The van der Waals surface area contributed by atoms with Gasteiger partial charge in [0, 0.05) is 13.2 Å². The lowest BCUT2D eigenvalue weighted by atomic mass is 9.84. The third-order valence-electron chi connectivity index (χ3n) is 7.69. The van der Waals surface area contributed by atoms with E-state index in [0.717, 1.165) is 13.2 Å². The molecule has 4 unspecified atom stereocenters. The van der Waals surface area contributed by atoms with Crippen LogP contribution in [0, 0.1) is 23.7 Å². The number of rotatable bonds is 6. The maximum atomic E-state index is 6.62. The molecule has 0 heterocycles. The third kappa shape index (κ3) is 4.51. The van der Waals surface area contributed by atoms with E-state index in [1.165, 1.54) is 6.42 Å². The van der Waals surface area contributed by atoms with Gasteiger partial charge in [0.25, 0.3) is 0 Å². The summed E-state index contributed by atoms with van der Waals surface area (Å²) in [5, 5.41) is 0.571. The minimum atomic E-state index is -1.68. The first-order chi connectivity index (χ1) is 11.2. The molecule has 0 N–H and O–H groups in total. The van der Waals surface area contributed by atoms with Crippen LogP contribution in [0.25, 0.3) is 0 Å². The van der Waals surface area contributed by atoms with E-state index in [0.29, 0.717) is 23.7 Å². The van der Waals surface area contributed by atoms with Crippen molar-refractivity contribution in [2.24, 2.45) is 23.7 Å². The summed E-state index contributed by atoms with van der Waals surface area (Å²) < 4.78 is 13.2. The van der Waals surface area contributed by atoms with E-state index >= 15 is 0 Å². The summed E-state index contributed by atoms with van der Waals surface area (Å²) in [7, 11) is -3.35. The van der Waals surface area contributed by atoms with Crippen LogP contribution < -0.4 is 0 Å². The van der Waals surface area contributed by atoms with E-state index in [2.05, 4.69) is 79.9 Å². The molecule has 146 valence electrons. The molecule has 2 aliphatic rings. The Morgan fingerprint density at radius 1 is 0.720 bits per heavy atom. The maximum Gasteiger partial charge on any atom is 0.191 e. The Kier molecular flexibility index (Phi) is 5.92. The Morgan fingerprint density at radius 3 is 1.32 bits per heavy atom. The van der Waals surface area contributed by atoms with Gasteiger partial charge in [0.2, 0.25) is 0 Å². The standard InChI is InChI=1S/C21H42O2Si2/c1-20(2,3)24(7,8)22-14-18-16-11-12-17(13-16)19(18)15-23-25(9,10)21(4,5)6/h11-12,16-19H,13-15H2,1-10H3. The van der Waals surface area contributed by atoms with Crippen LogP contribution in [0.15, 0.2) is 12.2 Å². The van der Waals surface area contributed by atoms with E-state index < -0.39 is 16.6 Å². The van der Waals surface area contributed by atoms with Gasteiger partial charge in [0.05, 0.1) is 0 Å². The van der Waals surface area contributed by atoms with Crippen molar-refractivity contribution in [3.8, 4) is 0 Å². The first-order valence-corrected chi connectivity index (χ1v) is 15.9. The fourth-order valence-electron chi connectivity index (χ4n) is 3.56. The molecule has 0 aromatic heterocycles. The lowest BCUT2D eigenvalue weighted by Crippen LogP contribution is -2.45. The molecule has 0 aliphatic heterocycles. The molecule has 2 rings (SSSR count). The second kappa shape index (κ2) is 6.92. The molecule has 4 heteroatoms. The quantitative estimate of drug-likeness (QED) is 0.387. The van der Waals surface area contributed by atoms with Gasteiger partial charge in [-0.25, -0.2) is 0 Å². The van der Waals surface area contributed by atoms with Crippen LogP contribution in [0.2, 0.25) is 36.3 Å². The first kappa shape index (κ1) is 21.4. The molecule has 0 radical (unpaired) electrons. The Balaban J connectivity index is 2.01. The van der Waals surface area contributed by atoms with Crippen molar-refractivity contribution < 1.29 is 8.85 Å². The first-order valence-electron chi connectivity index (χ1n) is 10.1. The number of hydrogen-bond acceptors (Lipinski definition) is 2. The second-order valence-corrected chi connectivity index (χ2v) is 21.0. The third-order valence-corrected chi connectivity index (χ3v) is 16.7. The van der Waals surface area contributed by atoms with E-state index in [-0.39, 0.29) is 10.1 Å². The summed E-state index contributed by atoms with van der Waals surface area (Å²) in [5.41, 5.74) is 0. The topological polar surface area (TPSA) is 18.5 Å². The normalized spacial score (nSPS) is 30.3. The highest BCUT2D eigenvalue weighted by molar-refractivity contribution is 6.74. The predicted molar refractivity (Wildman–Crippen MR) is 114 cm³/mol. The van der Waals surface area contributed by atoms with Crippen LogP contribution >= 0.6 is 0 Å². The molecule has 0 amide bonds. The van der Waals surface area contributed by atoms with Crippen molar-refractivity contribution in [3.63, 3.8) is 0 Å². The minimum Gasteiger partial charge on any atom is -0.417 e. The summed E-state index contributed by atoms with van der Waals surface area (Å²) in [6.07, 6.45) is 6.22. The van der Waals surface area contributed by atoms with Crippen LogP contribution in [0.5, 0.6) is 0 Å². The van der Waals surface area contributed by atoms with Crippen molar-refractivity contribution in [1.82, 2.24) is 0 Å². The van der Waals surface area contributed by atoms with Gasteiger partial charge in [-0.3, -0.25) is 0 Å². The molecular weight excluding hydrogens is 340 g/mol. The summed E-state index contributed by atoms with van der Waals surface area (Å²) >= 11 is 0. The average molecular weight is 383 g/mol. The zero-order chi connectivity index (χ0) is 19.3. The Hall–Kier alpha value is 0.0938. The largest absolute Gasteiger partial charge is 0.417 e. The number of allylic oxidation sites excluding steroid dienone is 2. The molecule has 1 saturated carbocycles. The molecule has 2 aliphatic carbocycles. The van der Waals surface area contributed by atoms with E-state index in [1.807, 2.05) is 0 Å². The summed E-state index contributed by atoms with van der Waals surface area (Å²) in [5.74, 6) is 2.72. The van der Waals surface area contributed by atoms with Gasteiger partial charge >= 0.3 is 0 Å². The molecular formula is C21H42O2Si2. The molecule has 1 fully saturated rings. The summed E-state index contributed by atoms with van der Waals surface area (Å²) in [6.45, 7) is 25.3. The highest BCUT2D eigenvalue weighted by Crippen LogP contribution is 2.50. The van der Waals surface area contributed by atoms with E-state index in [4.69, 9.17) is 8.85 Å². The molecule has 0 saturated heterocycles. The Bertz CT molecular complexity index is 453. The molecule has 0 spiro atoms. The zero-order valence-corrected chi connectivity index (χ0v) is 20.4. The molecule has 25 heavy (non-hydrogen) atoms. The molecule has 4 atom stereocenters. The highest BCUT2D eigenvalue weighted by atomic mass is 28.4. The smallest absolute Gasteiger partial charge is 0.191 e. The van der Waals surface area contributed by atoms with Gasteiger partial charge in [0.15, 0.2) is 16.6 Å². The van der Waals surface area contributed by atoms with Crippen molar-refractivity contribution in [2.75, 3.05) is 13.2 Å². The summed E-state index contributed by atoms with van der Waals surface area (Å²) in [6, 6.07) is 0. The van der Waals surface area contributed by atoms with Gasteiger partial charge in [-0.15, -0.1) is 0 Å². The van der Waals surface area contributed by atoms with Crippen molar-refractivity contribution in [1.29, 1.82) is 0 Å². The van der Waals surface area contributed by atoms with Crippen molar-refractivity contribution in [2.45, 2.75) is 84.2 Å². The lowest BCUT2D eigenvalue weighted by molar-refractivity contribution is 0.119. The lowest BCUT2D eigenvalue weighted by Gasteiger charge is -2.40. The SMILES string of the molecule is CC(C)(C)[Si](C)(C)OCC1C2C=CC(C2)C1CO[Si](C)(C)C(C)(C)C. The van der Waals surface area contributed by atoms with Gasteiger partial charge in [-0.1, -0.05) is 53.7 Å². The van der Waals surface area contributed by atoms with Gasteiger partial charge in [0.1, 0.15) is 0 Å². The minimum absolute atomic E-state index is 0.285. The predicted octanol–water partition coefficient (Wildman–Crippen LogP) is 6.47. The van der Waals surface area contributed by atoms with Crippen LogP contribution in [-0.2, 0) is 8.85 Å². The van der Waals surface area contributed by atoms with Crippen LogP contribution in [-0.4, -0.2) is 29.8 Å². The van der Waals surface area contributed by atoms with Crippen molar-refractivity contribution >= 4 is 16.6 Å². The maximum absolute atomic E-state index is 6.62. The molecule has 0 aromatic rings.